The summed E-state index contributed by atoms with van der Waals surface area (Å²) in [5, 5.41) is 31.3. The lowest BCUT2D eigenvalue weighted by Crippen LogP contribution is -2.31. The Balaban J connectivity index is 2.18. The van der Waals surface area contributed by atoms with Crippen molar-refractivity contribution in [2.45, 2.75) is 66.2 Å². The molecule has 0 aliphatic carbocycles. The molecule has 0 aliphatic rings. The molecule has 1 atom stereocenters. The van der Waals surface area contributed by atoms with Crippen LogP contribution in [0.1, 0.15) is 80.8 Å². The van der Waals surface area contributed by atoms with Crippen molar-refractivity contribution in [3.63, 3.8) is 0 Å². The summed E-state index contributed by atoms with van der Waals surface area (Å²) in [7, 11) is 0. The van der Waals surface area contributed by atoms with E-state index >= 15 is 0 Å². The molecule has 0 radical (unpaired) electrons. The molecule has 1 unspecified atom stereocenters. The predicted octanol–water partition coefficient (Wildman–Crippen LogP) is 5.44. The molecule has 0 bridgehead atoms. The minimum absolute atomic E-state index is 0.0321. The largest absolute Gasteiger partial charge is 0.492 e. The summed E-state index contributed by atoms with van der Waals surface area (Å²) < 4.78 is 0.938. The molecule has 2 aromatic rings. The van der Waals surface area contributed by atoms with E-state index < -0.39 is 11.4 Å². The first-order valence-electron chi connectivity index (χ1n) is 12.3. The van der Waals surface area contributed by atoms with Crippen molar-refractivity contribution in [2.24, 2.45) is 16.1 Å². The van der Waals surface area contributed by atoms with Crippen LogP contribution in [0.4, 0.5) is 11.4 Å². The van der Waals surface area contributed by atoms with Gasteiger partial charge in [-0.2, -0.15) is 15.1 Å². The third-order valence-corrected chi connectivity index (χ3v) is 5.97. The molecule has 9 nitrogen and oxygen atoms in total. The van der Waals surface area contributed by atoms with Crippen LogP contribution in [0.2, 0.25) is 0 Å². The normalized spacial score (nSPS) is 11.9. The van der Waals surface area contributed by atoms with Gasteiger partial charge < -0.3 is 15.8 Å². The van der Waals surface area contributed by atoms with E-state index in [9.17, 15) is 20.0 Å². The van der Waals surface area contributed by atoms with Crippen LogP contribution in [-0.4, -0.2) is 28.8 Å². The van der Waals surface area contributed by atoms with E-state index in [1.165, 1.54) is 0 Å². The van der Waals surface area contributed by atoms with Crippen molar-refractivity contribution in [2.75, 3.05) is 18.5 Å². The Kier molecular flexibility index (Phi) is 10.9. The number of benzene rings is 1. The molecule has 1 aromatic carbocycles. The summed E-state index contributed by atoms with van der Waals surface area (Å²) >= 11 is 0. The van der Waals surface area contributed by atoms with Gasteiger partial charge in [-0.15, -0.1) is 5.11 Å². The molecule has 0 saturated heterocycles. The van der Waals surface area contributed by atoms with E-state index in [1.807, 2.05) is 13.0 Å². The Bertz CT molecular complexity index is 1120. The molecular weight excluding hydrogens is 444 g/mol. The fourth-order valence-electron chi connectivity index (χ4n) is 3.60. The Labute approximate surface area is 206 Å². The maximum atomic E-state index is 12.5. The smallest absolute Gasteiger partial charge is 0.290 e. The number of nitriles is 1. The monoisotopic (exact) mass is 480 g/mol. The summed E-state index contributed by atoms with van der Waals surface area (Å²) in [6.07, 6.45) is 6.13. The van der Waals surface area contributed by atoms with Crippen LogP contribution in [0, 0.1) is 24.2 Å². The number of hydrogen-bond donors (Lipinski definition) is 3. The number of amides is 1. The Hall–Kier alpha value is -3.67. The minimum atomic E-state index is -0.632. The van der Waals surface area contributed by atoms with Crippen molar-refractivity contribution in [3.05, 3.63) is 51.3 Å². The second-order valence-electron chi connectivity index (χ2n) is 8.56. The van der Waals surface area contributed by atoms with Crippen LogP contribution in [-0.2, 0) is 0 Å². The van der Waals surface area contributed by atoms with Crippen LogP contribution >= 0.6 is 0 Å². The molecular formula is C26H36N6O3. The number of carbonyl (C=O) groups is 1. The number of nitrogens with one attached hydrogen (secondary N) is 2. The number of pyridine rings is 1. The summed E-state index contributed by atoms with van der Waals surface area (Å²) in [6.45, 7) is 8.95. The third-order valence-electron chi connectivity index (χ3n) is 5.97. The lowest BCUT2D eigenvalue weighted by molar-refractivity contribution is 0.0946. The quantitative estimate of drug-likeness (QED) is 0.259. The highest BCUT2D eigenvalue weighted by atomic mass is 16.3. The topological polar surface area (TPSA) is 132 Å². The molecule has 188 valence electrons. The standard InChI is InChI=1S/C26H36N6O3/c1-5-8-10-19(7-3)17-28-24(33)20-11-13-21(14-12-20)30-31-23-18(4)22(16-27)25(34)32(26(23)35)29-15-9-6-2/h11-14,19,29,35H,5-10,15,17H2,1-4H3,(H,28,33)/b31-30+. The van der Waals surface area contributed by atoms with Gasteiger partial charge in [0.2, 0.25) is 5.88 Å². The number of hydrogen-bond acceptors (Lipinski definition) is 7. The van der Waals surface area contributed by atoms with Crippen molar-refractivity contribution in [1.82, 2.24) is 9.99 Å². The van der Waals surface area contributed by atoms with Crippen molar-refractivity contribution < 1.29 is 9.90 Å². The van der Waals surface area contributed by atoms with E-state index in [4.69, 9.17) is 0 Å². The predicted molar refractivity (Wildman–Crippen MR) is 137 cm³/mol. The van der Waals surface area contributed by atoms with Crippen LogP contribution < -0.4 is 16.3 Å². The molecule has 2 rings (SSSR count). The van der Waals surface area contributed by atoms with Gasteiger partial charge in [-0.05, 0) is 49.9 Å². The molecule has 1 amide bonds. The zero-order chi connectivity index (χ0) is 25.8. The fraction of sp³-hybridized carbons (Fsp3) is 0.500. The average molecular weight is 481 g/mol. The van der Waals surface area contributed by atoms with E-state index in [0.29, 0.717) is 30.3 Å². The average Bonchev–Trinajstić information content (AvgIpc) is 2.86. The summed E-state index contributed by atoms with van der Waals surface area (Å²) in [5.74, 6) is -0.0716. The summed E-state index contributed by atoms with van der Waals surface area (Å²) in [6, 6.07) is 8.52. The van der Waals surface area contributed by atoms with Gasteiger partial charge in [0.15, 0.2) is 5.69 Å². The van der Waals surface area contributed by atoms with Gasteiger partial charge in [-0.3, -0.25) is 9.59 Å². The lowest BCUT2D eigenvalue weighted by Gasteiger charge is -2.15. The van der Waals surface area contributed by atoms with Crippen molar-refractivity contribution in [1.29, 1.82) is 5.26 Å². The fourth-order valence-corrected chi connectivity index (χ4v) is 3.60. The van der Waals surface area contributed by atoms with Gasteiger partial charge in [0.05, 0.1) is 5.69 Å². The molecule has 35 heavy (non-hydrogen) atoms. The first kappa shape index (κ1) is 27.6. The van der Waals surface area contributed by atoms with Gasteiger partial charge in [-0.25, -0.2) is 0 Å². The zero-order valence-corrected chi connectivity index (χ0v) is 21.1. The molecule has 0 aliphatic heterocycles. The number of unbranched alkanes of at least 4 members (excludes halogenated alkanes) is 2. The molecule has 1 heterocycles. The maximum Gasteiger partial charge on any atom is 0.290 e. The van der Waals surface area contributed by atoms with Crippen molar-refractivity contribution in [3.8, 4) is 11.9 Å². The molecule has 0 spiro atoms. The van der Waals surface area contributed by atoms with Gasteiger partial charge in [0.25, 0.3) is 11.5 Å². The van der Waals surface area contributed by atoms with Crippen LogP contribution in [0.15, 0.2) is 39.3 Å². The van der Waals surface area contributed by atoms with E-state index in [1.54, 1.807) is 31.2 Å². The minimum Gasteiger partial charge on any atom is -0.492 e. The molecule has 0 fully saturated rings. The highest BCUT2D eigenvalue weighted by Gasteiger charge is 2.19. The summed E-state index contributed by atoms with van der Waals surface area (Å²) in [4.78, 5) is 25.0. The lowest BCUT2D eigenvalue weighted by atomic mass is 9.99. The van der Waals surface area contributed by atoms with E-state index in [0.717, 1.165) is 43.2 Å². The number of rotatable bonds is 13. The first-order chi connectivity index (χ1) is 16.9. The van der Waals surface area contributed by atoms with Crippen molar-refractivity contribution >= 4 is 17.3 Å². The summed E-state index contributed by atoms with van der Waals surface area (Å²) in [5.41, 5.74) is 3.35. The Morgan fingerprint density at radius 1 is 1.14 bits per heavy atom. The van der Waals surface area contributed by atoms with Crippen LogP contribution in [0.5, 0.6) is 5.88 Å². The van der Waals surface area contributed by atoms with E-state index in [-0.39, 0.29) is 22.7 Å². The Morgan fingerprint density at radius 2 is 1.83 bits per heavy atom. The zero-order valence-electron chi connectivity index (χ0n) is 21.1. The maximum absolute atomic E-state index is 12.5. The number of carbonyl (C=O) groups excluding carboxylic acids is 1. The highest BCUT2D eigenvalue weighted by Crippen LogP contribution is 2.31. The second-order valence-corrected chi connectivity index (χ2v) is 8.56. The molecule has 9 heteroatoms. The molecule has 1 aromatic heterocycles. The molecule has 3 N–H and O–H groups in total. The Morgan fingerprint density at radius 3 is 2.43 bits per heavy atom. The number of aromatic hydroxyl groups is 1. The molecule has 0 saturated carbocycles. The third kappa shape index (κ3) is 7.41. The van der Waals surface area contributed by atoms with Gasteiger partial charge in [-0.1, -0.05) is 46.5 Å². The second kappa shape index (κ2) is 13.9. The van der Waals surface area contributed by atoms with Gasteiger partial charge in [0, 0.05) is 24.2 Å². The first-order valence-corrected chi connectivity index (χ1v) is 12.3. The van der Waals surface area contributed by atoms with Crippen LogP contribution in [0.3, 0.4) is 0 Å². The number of azo groups is 1. The number of nitrogens with zero attached hydrogens (tertiary/aromatic N) is 4. The van der Waals surface area contributed by atoms with Gasteiger partial charge in [0.1, 0.15) is 11.6 Å². The van der Waals surface area contributed by atoms with Gasteiger partial charge >= 0.3 is 0 Å². The number of aromatic nitrogens is 1. The SMILES string of the molecule is CCCCNn1c(O)c(/N=N/c2ccc(C(=O)NCC(CC)CCCC)cc2)c(C)c(C#N)c1=O. The van der Waals surface area contributed by atoms with E-state index in [2.05, 4.69) is 34.8 Å². The van der Waals surface area contributed by atoms with Crippen LogP contribution in [0.25, 0.3) is 0 Å². The highest BCUT2D eigenvalue weighted by molar-refractivity contribution is 5.94.